The summed E-state index contributed by atoms with van der Waals surface area (Å²) in [7, 11) is 0. The van der Waals surface area contributed by atoms with Gasteiger partial charge in [-0.1, -0.05) is 13.8 Å². The van der Waals surface area contributed by atoms with Gasteiger partial charge in [0.15, 0.2) is 5.72 Å². The number of carbonyl (C=O) groups is 2. The van der Waals surface area contributed by atoms with Crippen molar-refractivity contribution in [2.75, 3.05) is 19.7 Å². The van der Waals surface area contributed by atoms with E-state index < -0.39 is 11.3 Å². The minimum Gasteiger partial charge on any atom is -0.377 e. The van der Waals surface area contributed by atoms with Gasteiger partial charge in [0.05, 0.1) is 19.1 Å². The van der Waals surface area contributed by atoms with E-state index in [0.29, 0.717) is 19.5 Å². The van der Waals surface area contributed by atoms with Crippen LogP contribution in [0.4, 0.5) is 0 Å². The number of hydrogen-bond acceptors (Lipinski definition) is 4. The van der Waals surface area contributed by atoms with Gasteiger partial charge in [0.1, 0.15) is 5.60 Å². The molecule has 0 saturated carbocycles. The Bertz CT molecular complexity index is 517. The molecule has 23 heavy (non-hydrogen) atoms. The van der Waals surface area contributed by atoms with E-state index in [2.05, 4.69) is 19.2 Å². The van der Waals surface area contributed by atoms with Crippen molar-refractivity contribution < 1.29 is 19.1 Å². The fraction of sp³-hybridized carbons (Fsp3) is 0.882. The summed E-state index contributed by atoms with van der Waals surface area (Å²) in [6, 6.07) is 0. The van der Waals surface area contributed by atoms with Crippen LogP contribution < -0.4 is 5.32 Å². The highest BCUT2D eigenvalue weighted by Crippen LogP contribution is 2.37. The van der Waals surface area contributed by atoms with Crippen LogP contribution >= 0.6 is 0 Å². The summed E-state index contributed by atoms with van der Waals surface area (Å²) in [6.45, 7) is 9.71. The van der Waals surface area contributed by atoms with Crippen LogP contribution in [0, 0.1) is 5.41 Å². The number of nitrogens with zero attached hydrogens (tertiary/aromatic N) is 1. The van der Waals surface area contributed by atoms with Gasteiger partial charge < -0.3 is 19.7 Å². The highest BCUT2D eigenvalue weighted by atomic mass is 16.6. The summed E-state index contributed by atoms with van der Waals surface area (Å²) in [4.78, 5) is 26.6. The normalized spacial score (nSPS) is 35.6. The Morgan fingerprint density at radius 1 is 1.30 bits per heavy atom. The Hall–Kier alpha value is -1.14. The van der Waals surface area contributed by atoms with Crippen molar-refractivity contribution in [3.8, 4) is 0 Å². The predicted octanol–water partition coefficient (Wildman–Crippen LogP) is 1.44. The summed E-state index contributed by atoms with van der Waals surface area (Å²) in [5.41, 5.74) is -1.51. The third kappa shape index (κ3) is 3.11. The number of amides is 2. The molecule has 2 atom stereocenters. The van der Waals surface area contributed by atoms with E-state index in [4.69, 9.17) is 9.47 Å². The predicted molar refractivity (Wildman–Crippen MR) is 84.6 cm³/mol. The smallest absolute Gasteiger partial charge is 0.254 e. The summed E-state index contributed by atoms with van der Waals surface area (Å²) < 4.78 is 11.7. The molecule has 3 rings (SSSR count). The molecule has 1 spiro atoms. The molecule has 130 valence electrons. The van der Waals surface area contributed by atoms with Gasteiger partial charge in [-0.25, -0.2) is 0 Å². The summed E-state index contributed by atoms with van der Waals surface area (Å²) >= 11 is 0. The molecule has 0 aliphatic carbocycles. The second-order valence-corrected chi connectivity index (χ2v) is 8.28. The summed E-state index contributed by atoms with van der Waals surface area (Å²) in [5, 5.41) is 2.97. The fourth-order valence-corrected chi connectivity index (χ4v) is 3.81. The van der Waals surface area contributed by atoms with E-state index in [1.54, 1.807) is 13.8 Å². The average Bonchev–Trinajstić information content (AvgIpc) is 2.87. The Labute approximate surface area is 137 Å². The molecule has 1 N–H and O–H groups in total. The summed E-state index contributed by atoms with van der Waals surface area (Å²) in [6.07, 6.45) is 2.94. The van der Waals surface area contributed by atoms with E-state index in [1.165, 1.54) is 0 Å². The molecule has 3 saturated heterocycles. The van der Waals surface area contributed by atoms with Crippen LogP contribution in [0.15, 0.2) is 0 Å². The van der Waals surface area contributed by atoms with Gasteiger partial charge in [0, 0.05) is 13.2 Å². The largest absolute Gasteiger partial charge is 0.377 e. The van der Waals surface area contributed by atoms with Gasteiger partial charge in [-0.2, -0.15) is 0 Å². The molecular formula is C17H28N2O4. The zero-order valence-electron chi connectivity index (χ0n) is 14.6. The first-order valence-electron chi connectivity index (χ1n) is 8.56. The lowest BCUT2D eigenvalue weighted by atomic mass is 9.84. The van der Waals surface area contributed by atoms with Crippen LogP contribution in [0.25, 0.3) is 0 Å². The lowest BCUT2D eigenvalue weighted by molar-refractivity contribution is -0.154. The molecule has 2 amide bonds. The first kappa shape index (κ1) is 16.7. The van der Waals surface area contributed by atoms with Crippen molar-refractivity contribution >= 4 is 11.8 Å². The number of likely N-dealkylation sites (tertiary alicyclic amines) is 1. The molecule has 3 aliphatic rings. The SMILES string of the molecule is CC1(C)OC2(CCCN(C(=O)CC3OCCC3(C)C)C2)NC1=O. The molecule has 6 heteroatoms. The maximum Gasteiger partial charge on any atom is 0.254 e. The lowest BCUT2D eigenvalue weighted by Crippen LogP contribution is -2.57. The standard InChI is InChI=1S/C17H28N2O4/c1-15(2)7-9-22-12(15)10-13(20)19-8-5-6-17(11-19)18-14(21)16(3,4)23-17/h12H,5-11H2,1-4H3,(H,18,21). The van der Waals surface area contributed by atoms with Gasteiger partial charge in [-0.3, -0.25) is 9.59 Å². The molecule has 3 fully saturated rings. The van der Waals surface area contributed by atoms with E-state index in [-0.39, 0.29) is 23.3 Å². The number of ether oxygens (including phenoxy) is 2. The first-order valence-corrected chi connectivity index (χ1v) is 8.56. The highest BCUT2D eigenvalue weighted by Gasteiger charge is 2.52. The van der Waals surface area contributed by atoms with Crippen LogP contribution in [0.3, 0.4) is 0 Å². The first-order chi connectivity index (χ1) is 10.6. The van der Waals surface area contributed by atoms with E-state index in [9.17, 15) is 9.59 Å². The lowest BCUT2D eigenvalue weighted by Gasteiger charge is -2.40. The van der Waals surface area contributed by atoms with Crippen LogP contribution in [0.1, 0.15) is 53.4 Å². The van der Waals surface area contributed by atoms with Crippen LogP contribution in [-0.4, -0.2) is 53.8 Å². The van der Waals surface area contributed by atoms with Crippen LogP contribution in [-0.2, 0) is 19.1 Å². The van der Waals surface area contributed by atoms with Gasteiger partial charge in [0.25, 0.3) is 5.91 Å². The molecule has 3 aliphatic heterocycles. The van der Waals surface area contributed by atoms with Gasteiger partial charge in [0.2, 0.25) is 5.91 Å². The van der Waals surface area contributed by atoms with E-state index in [1.807, 2.05) is 4.90 Å². The van der Waals surface area contributed by atoms with Gasteiger partial charge in [-0.15, -0.1) is 0 Å². The van der Waals surface area contributed by atoms with Crippen LogP contribution in [0.5, 0.6) is 0 Å². The monoisotopic (exact) mass is 324 g/mol. The topological polar surface area (TPSA) is 67.9 Å². The Balaban J connectivity index is 1.65. The maximum atomic E-state index is 12.7. The Morgan fingerprint density at radius 3 is 2.61 bits per heavy atom. The quantitative estimate of drug-likeness (QED) is 0.834. The molecule has 6 nitrogen and oxygen atoms in total. The molecule has 0 radical (unpaired) electrons. The fourth-order valence-electron chi connectivity index (χ4n) is 3.81. The van der Waals surface area contributed by atoms with Crippen LogP contribution in [0.2, 0.25) is 0 Å². The van der Waals surface area contributed by atoms with E-state index in [0.717, 1.165) is 25.9 Å². The molecule has 0 aromatic carbocycles. The van der Waals surface area contributed by atoms with Gasteiger partial charge in [-0.05, 0) is 38.5 Å². The van der Waals surface area contributed by atoms with Crippen molar-refractivity contribution in [1.82, 2.24) is 10.2 Å². The highest BCUT2D eigenvalue weighted by molar-refractivity contribution is 5.87. The van der Waals surface area contributed by atoms with Crippen molar-refractivity contribution in [3.05, 3.63) is 0 Å². The molecule has 3 heterocycles. The van der Waals surface area contributed by atoms with Crippen molar-refractivity contribution in [3.63, 3.8) is 0 Å². The van der Waals surface area contributed by atoms with Gasteiger partial charge >= 0.3 is 0 Å². The third-order valence-electron chi connectivity index (χ3n) is 5.44. The zero-order valence-corrected chi connectivity index (χ0v) is 14.6. The Morgan fingerprint density at radius 2 is 2.04 bits per heavy atom. The number of rotatable bonds is 2. The molecule has 0 aromatic rings. The molecule has 0 bridgehead atoms. The zero-order chi connectivity index (χ0) is 16.9. The minimum absolute atomic E-state index is 0.0246. The number of piperidine rings is 1. The maximum absolute atomic E-state index is 12.7. The van der Waals surface area contributed by atoms with Crippen molar-refractivity contribution in [2.45, 2.75) is 70.8 Å². The second kappa shape index (κ2) is 5.45. The minimum atomic E-state index is -0.831. The number of nitrogens with one attached hydrogen (secondary N) is 1. The molecule has 2 unspecified atom stereocenters. The number of hydrogen-bond donors (Lipinski definition) is 1. The third-order valence-corrected chi connectivity index (χ3v) is 5.44. The second-order valence-electron chi connectivity index (χ2n) is 8.28. The van der Waals surface area contributed by atoms with E-state index >= 15 is 0 Å². The molecular weight excluding hydrogens is 296 g/mol. The molecule has 0 aromatic heterocycles. The Kier molecular flexibility index (Phi) is 3.96. The van der Waals surface area contributed by atoms with Crippen molar-refractivity contribution in [2.24, 2.45) is 5.41 Å². The van der Waals surface area contributed by atoms with Crippen molar-refractivity contribution in [1.29, 1.82) is 0 Å². The summed E-state index contributed by atoms with van der Waals surface area (Å²) in [5.74, 6) is -0.0151. The number of carbonyl (C=O) groups excluding carboxylic acids is 2. The average molecular weight is 324 g/mol.